The molecule has 13 heteroatoms. The third-order valence-electron chi connectivity index (χ3n) is 6.55. The molecule has 230 valence electrons. The van der Waals surface area contributed by atoms with Crippen molar-refractivity contribution >= 4 is 29.9 Å². The summed E-state index contributed by atoms with van der Waals surface area (Å²) in [4.78, 5) is 67.8. The first kappa shape index (κ1) is 33.6. The average Bonchev–Trinajstić information content (AvgIpc) is 3.22. The van der Waals surface area contributed by atoms with Crippen LogP contribution in [0.25, 0.3) is 0 Å². The number of nitrogens with one attached hydrogen (secondary N) is 3. The Kier molecular flexibility index (Phi) is 10.6. The lowest BCUT2D eigenvalue weighted by atomic mass is 9.85. The number of alkyl carbamates (subject to hydrolysis) is 1. The SMILES string of the molecule is CC(C)(C)OC(=O)N[C@H](C(=O)N1CCN(C(=O)OC(C)(C)C)C[C@H]1C(=O)NC(C#N)CC1CCNC1=O)C(C)(C)C. The Balaban J connectivity index is 2.34. The van der Waals surface area contributed by atoms with E-state index in [9.17, 15) is 29.2 Å². The molecule has 0 aromatic carbocycles. The minimum absolute atomic E-state index is 0.0129. The van der Waals surface area contributed by atoms with Crippen molar-refractivity contribution in [2.24, 2.45) is 11.3 Å². The summed E-state index contributed by atoms with van der Waals surface area (Å²) in [6.45, 7) is 16.0. The molecule has 13 nitrogen and oxygen atoms in total. The van der Waals surface area contributed by atoms with Gasteiger partial charge < -0.3 is 35.2 Å². The minimum atomic E-state index is -1.18. The van der Waals surface area contributed by atoms with Crippen LogP contribution in [0.1, 0.15) is 75.2 Å². The molecule has 3 N–H and O–H groups in total. The van der Waals surface area contributed by atoms with E-state index in [0.717, 1.165) is 0 Å². The van der Waals surface area contributed by atoms with Crippen LogP contribution in [0.5, 0.6) is 0 Å². The Morgan fingerprint density at radius 2 is 1.61 bits per heavy atom. The second-order valence-electron chi connectivity index (χ2n) is 13.6. The highest BCUT2D eigenvalue weighted by Crippen LogP contribution is 2.25. The van der Waals surface area contributed by atoms with E-state index in [-0.39, 0.29) is 32.0 Å². The molecule has 2 saturated heterocycles. The lowest BCUT2D eigenvalue weighted by Crippen LogP contribution is -2.66. The molecule has 0 radical (unpaired) electrons. The standard InChI is InChI=1S/C28H46N6O7/c1-26(2,3)20(32-24(38)40-27(4,5)6)23(37)34-13-12-33(25(39)41-28(7,8)9)16-19(34)22(36)31-18(15-29)14-17-10-11-30-21(17)35/h17-20H,10-14,16H2,1-9H3,(H,30,35)(H,31,36)(H,32,38)/t17?,18?,19-,20+/m0/s1. The highest BCUT2D eigenvalue weighted by Gasteiger charge is 2.44. The zero-order chi connectivity index (χ0) is 31.3. The number of amides is 5. The largest absolute Gasteiger partial charge is 0.444 e. The summed E-state index contributed by atoms with van der Waals surface area (Å²) in [5.74, 6) is -1.77. The molecule has 5 amide bonds. The smallest absolute Gasteiger partial charge is 0.410 e. The Morgan fingerprint density at radius 1 is 1.00 bits per heavy atom. The van der Waals surface area contributed by atoms with Crippen molar-refractivity contribution in [1.82, 2.24) is 25.8 Å². The first-order valence-electron chi connectivity index (χ1n) is 14.0. The normalized spacial score (nSPS) is 21.2. The molecule has 4 atom stereocenters. The van der Waals surface area contributed by atoms with Crippen molar-refractivity contribution < 1.29 is 33.4 Å². The van der Waals surface area contributed by atoms with Gasteiger partial charge in [-0.1, -0.05) is 20.8 Å². The molecule has 2 aliphatic rings. The third-order valence-corrected chi connectivity index (χ3v) is 6.55. The van der Waals surface area contributed by atoms with E-state index in [2.05, 4.69) is 16.0 Å². The van der Waals surface area contributed by atoms with Crippen LogP contribution in [0.15, 0.2) is 0 Å². The van der Waals surface area contributed by atoms with Gasteiger partial charge in [0.25, 0.3) is 0 Å². The van der Waals surface area contributed by atoms with Crippen molar-refractivity contribution in [2.45, 2.75) is 104 Å². The van der Waals surface area contributed by atoms with Crippen LogP contribution >= 0.6 is 0 Å². The number of carbonyl (C=O) groups is 5. The summed E-state index contributed by atoms with van der Waals surface area (Å²) >= 11 is 0. The fourth-order valence-corrected chi connectivity index (χ4v) is 4.57. The fourth-order valence-electron chi connectivity index (χ4n) is 4.57. The lowest BCUT2D eigenvalue weighted by molar-refractivity contribution is -0.147. The molecule has 0 aromatic rings. The van der Waals surface area contributed by atoms with Crippen molar-refractivity contribution in [3.05, 3.63) is 0 Å². The number of nitriles is 1. The van der Waals surface area contributed by atoms with Crippen molar-refractivity contribution in [2.75, 3.05) is 26.2 Å². The Hall–Kier alpha value is -3.56. The molecule has 0 saturated carbocycles. The number of hydrogen-bond acceptors (Lipinski definition) is 8. The van der Waals surface area contributed by atoms with Gasteiger partial charge in [0.15, 0.2) is 0 Å². The van der Waals surface area contributed by atoms with E-state index in [1.165, 1.54) is 9.80 Å². The molecule has 2 unspecified atom stereocenters. The first-order chi connectivity index (χ1) is 18.7. The summed E-state index contributed by atoms with van der Waals surface area (Å²) in [5, 5.41) is 17.8. The molecule has 0 aromatic heterocycles. The van der Waals surface area contributed by atoms with Crippen molar-refractivity contribution in [3.63, 3.8) is 0 Å². The van der Waals surface area contributed by atoms with Crippen LogP contribution in [0.3, 0.4) is 0 Å². The molecule has 2 heterocycles. The molecule has 2 aliphatic heterocycles. The fraction of sp³-hybridized carbons (Fsp3) is 0.786. The molecule has 2 fully saturated rings. The highest BCUT2D eigenvalue weighted by molar-refractivity contribution is 5.93. The van der Waals surface area contributed by atoms with E-state index in [1.807, 2.05) is 6.07 Å². The van der Waals surface area contributed by atoms with Crippen LogP contribution < -0.4 is 16.0 Å². The Labute approximate surface area is 242 Å². The lowest BCUT2D eigenvalue weighted by Gasteiger charge is -2.43. The maximum absolute atomic E-state index is 14.0. The van der Waals surface area contributed by atoms with Gasteiger partial charge in [-0.3, -0.25) is 14.4 Å². The van der Waals surface area contributed by atoms with Gasteiger partial charge in [0.1, 0.15) is 29.3 Å². The second-order valence-corrected chi connectivity index (χ2v) is 13.6. The van der Waals surface area contributed by atoms with Gasteiger partial charge in [-0.25, -0.2) is 9.59 Å². The summed E-state index contributed by atoms with van der Waals surface area (Å²) in [5.41, 5.74) is -2.33. The van der Waals surface area contributed by atoms with Gasteiger partial charge in [-0.2, -0.15) is 5.26 Å². The quantitative estimate of drug-likeness (QED) is 0.429. The molecular weight excluding hydrogens is 532 g/mol. The molecule has 0 bridgehead atoms. The summed E-state index contributed by atoms with van der Waals surface area (Å²) in [7, 11) is 0. The van der Waals surface area contributed by atoms with E-state index in [1.54, 1.807) is 62.3 Å². The van der Waals surface area contributed by atoms with Gasteiger partial charge in [-0.15, -0.1) is 0 Å². The molecule has 0 aliphatic carbocycles. The van der Waals surface area contributed by atoms with Crippen LogP contribution in [0, 0.1) is 22.7 Å². The van der Waals surface area contributed by atoms with Crippen LogP contribution in [0.4, 0.5) is 9.59 Å². The first-order valence-corrected chi connectivity index (χ1v) is 14.0. The maximum atomic E-state index is 14.0. The van der Waals surface area contributed by atoms with Gasteiger partial charge in [-0.05, 0) is 59.8 Å². The summed E-state index contributed by atoms with van der Waals surface area (Å²) in [6, 6.07) is -1.19. The Morgan fingerprint density at radius 3 is 2.10 bits per heavy atom. The number of rotatable bonds is 6. The van der Waals surface area contributed by atoms with E-state index >= 15 is 0 Å². The molecule has 0 spiro atoms. The number of hydrogen-bond donors (Lipinski definition) is 3. The van der Waals surface area contributed by atoms with Gasteiger partial charge >= 0.3 is 12.2 Å². The molecular formula is C28H46N6O7. The maximum Gasteiger partial charge on any atom is 0.410 e. The third kappa shape index (κ3) is 10.1. The topological polar surface area (TPSA) is 170 Å². The highest BCUT2D eigenvalue weighted by atomic mass is 16.6. The zero-order valence-electron chi connectivity index (χ0n) is 25.8. The summed E-state index contributed by atoms with van der Waals surface area (Å²) < 4.78 is 10.9. The number of nitrogens with zero attached hydrogens (tertiary/aromatic N) is 3. The van der Waals surface area contributed by atoms with Gasteiger partial charge in [0, 0.05) is 25.6 Å². The predicted molar refractivity (Wildman–Crippen MR) is 149 cm³/mol. The van der Waals surface area contributed by atoms with Gasteiger partial charge in [0.2, 0.25) is 17.7 Å². The van der Waals surface area contributed by atoms with E-state index in [0.29, 0.717) is 13.0 Å². The molecule has 2 rings (SSSR count). The Bertz CT molecular complexity index is 1050. The van der Waals surface area contributed by atoms with E-state index < -0.39 is 64.7 Å². The summed E-state index contributed by atoms with van der Waals surface area (Å²) in [6.07, 6.45) is -0.744. The predicted octanol–water partition coefficient (Wildman–Crippen LogP) is 1.91. The minimum Gasteiger partial charge on any atom is -0.444 e. The average molecular weight is 579 g/mol. The zero-order valence-corrected chi connectivity index (χ0v) is 25.8. The van der Waals surface area contributed by atoms with E-state index in [4.69, 9.17) is 9.47 Å². The van der Waals surface area contributed by atoms with Crippen molar-refractivity contribution in [1.29, 1.82) is 5.26 Å². The van der Waals surface area contributed by atoms with Crippen LogP contribution in [0.2, 0.25) is 0 Å². The number of piperazine rings is 1. The van der Waals surface area contributed by atoms with Crippen LogP contribution in [-0.2, 0) is 23.9 Å². The number of carbonyl (C=O) groups excluding carboxylic acids is 5. The van der Waals surface area contributed by atoms with Gasteiger partial charge in [0.05, 0.1) is 12.6 Å². The second kappa shape index (κ2) is 13.0. The van der Waals surface area contributed by atoms with Crippen molar-refractivity contribution in [3.8, 4) is 6.07 Å². The monoisotopic (exact) mass is 578 g/mol. The van der Waals surface area contributed by atoms with Crippen LogP contribution in [-0.4, -0.2) is 95.2 Å². The number of ether oxygens (including phenoxy) is 2. The molecule has 41 heavy (non-hydrogen) atoms.